The van der Waals surface area contributed by atoms with E-state index < -0.39 is 6.85 Å². The number of aromatic nitrogens is 1. The van der Waals surface area contributed by atoms with Gasteiger partial charge in [-0.3, -0.25) is 4.98 Å². The lowest BCUT2D eigenvalue weighted by molar-refractivity contribution is 1.29. The van der Waals surface area contributed by atoms with Crippen molar-refractivity contribution in [3.05, 3.63) is 78.5 Å². The molecule has 0 bridgehead atoms. The lowest BCUT2D eigenvalue weighted by Crippen LogP contribution is -1.85. The first kappa shape index (κ1) is 8.65. The number of benzene rings is 2. The Kier molecular flexibility index (Phi) is 2.31. The maximum atomic E-state index is 7.51. The maximum absolute atomic E-state index is 7.51. The molecular weight excluding hydrogens is 230 g/mol. The lowest BCUT2D eigenvalue weighted by Gasteiger charge is -2.06. The van der Waals surface area contributed by atoms with Crippen molar-refractivity contribution in [1.29, 1.82) is 0 Å². The molecule has 0 spiro atoms. The zero-order chi connectivity index (χ0) is 15.6. The first-order chi connectivity index (χ1) is 10.5. The van der Waals surface area contributed by atoms with Gasteiger partial charge in [-0.05, 0) is 41.7 Å². The van der Waals surface area contributed by atoms with Gasteiger partial charge in [0.05, 0.1) is 5.69 Å². The second-order valence-electron chi connectivity index (χ2n) is 4.38. The van der Waals surface area contributed by atoms with E-state index in [9.17, 15) is 0 Å². The zero-order valence-corrected chi connectivity index (χ0v) is 10.4. The third-order valence-electron chi connectivity index (χ3n) is 3.03. The van der Waals surface area contributed by atoms with E-state index in [1.165, 1.54) is 6.07 Å². The molecule has 1 heteroatoms. The maximum Gasteiger partial charge on any atom is 0.0704 e. The van der Waals surface area contributed by atoms with Crippen LogP contribution in [0, 0.1) is 6.85 Å². The van der Waals surface area contributed by atoms with Gasteiger partial charge in [-0.15, -0.1) is 0 Å². The molecule has 0 radical (unpaired) electrons. The van der Waals surface area contributed by atoms with E-state index in [1.807, 2.05) is 54.6 Å². The minimum absolute atomic E-state index is 0.308. The summed E-state index contributed by atoms with van der Waals surface area (Å²) in [6, 6.07) is 21.2. The van der Waals surface area contributed by atoms with E-state index in [2.05, 4.69) is 4.98 Å². The number of rotatable bonds is 2. The minimum Gasteiger partial charge on any atom is -0.256 e. The molecule has 0 N–H and O–H groups in total. The van der Waals surface area contributed by atoms with Crippen LogP contribution in [0.25, 0.3) is 22.4 Å². The Balaban J connectivity index is 2.03. The predicted molar refractivity (Wildman–Crippen MR) is 79.8 cm³/mol. The number of hydrogen-bond donors (Lipinski definition) is 0. The van der Waals surface area contributed by atoms with Crippen molar-refractivity contribution in [2.75, 3.05) is 0 Å². The Labute approximate surface area is 117 Å². The van der Waals surface area contributed by atoms with Crippen LogP contribution in [-0.2, 0) is 0 Å². The van der Waals surface area contributed by atoms with Crippen LogP contribution in [0.1, 0.15) is 9.68 Å². The van der Waals surface area contributed by atoms with E-state index in [0.717, 1.165) is 16.7 Å². The van der Waals surface area contributed by atoms with Crippen LogP contribution in [0.5, 0.6) is 0 Å². The fourth-order valence-electron chi connectivity index (χ4n) is 2.08. The van der Waals surface area contributed by atoms with Crippen molar-refractivity contribution in [1.82, 2.24) is 4.98 Å². The highest BCUT2D eigenvalue weighted by Gasteiger charge is 2.02. The van der Waals surface area contributed by atoms with Gasteiger partial charge < -0.3 is 0 Å². The van der Waals surface area contributed by atoms with Crippen LogP contribution < -0.4 is 0 Å². The van der Waals surface area contributed by atoms with Crippen molar-refractivity contribution < 1.29 is 4.11 Å². The number of nitrogens with zero attached hydrogens (tertiary/aromatic N) is 1. The molecule has 0 aliphatic carbocycles. The molecule has 0 unspecified atom stereocenters. The largest absolute Gasteiger partial charge is 0.256 e. The standard InChI is InChI=1S/C18H15N/c1-14-10-11-19-18(12-14)17-9-5-8-16(13-17)15-6-3-2-4-7-15/h2-13H,1H3/i1D3. The molecule has 1 nitrogen and oxygen atoms in total. The number of pyridine rings is 1. The Morgan fingerprint density at radius 3 is 2.42 bits per heavy atom. The van der Waals surface area contributed by atoms with Crippen molar-refractivity contribution in [3.8, 4) is 22.4 Å². The van der Waals surface area contributed by atoms with Gasteiger partial charge in [0.15, 0.2) is 0 Å². The highest BCUT2D eigenvalue weighted by Crippen LogP contribution is 2.25. The van der Waals surface area contributed by atoms with Crippen LogP contribution in [0.4, 0.5) is 0 Å². The van der Waals surface area contributed by atoms with Crippen molar-refractivity contribution in [2.24, 2.45) is 0 Å². The minimum atomic E-state index is -2.12. The third kappa shape index (κ3) is 2.55. The monoisotopic (exact) mass is 248 g/mol. The van der Waals surface area contributed by atoms with Gasteiger partial charge in [-0.2, -0.15) is 0 Å². The zero-order valence-electron chi connectivity index (χ0n) is 13.4. The molecular formula is C18H15N. The summed E-state index contributed by atoms with van der Waals surface area (Å²) in [6.07, 6.45) is 1.55. The van der Waals surface area contributed by atoms with Crippen LogP contribution in [0.15, 0.2) is 72.9 Å². The second kappa shape index (κ2) is 5.07. The number of hydrogen-bond acceptors (Lipinski definition) is 1. The average Bonchev–Trinajstić information content (AvgIpc) is 2.55. The van der Waals surface area contributed by atoms with E-state index in [1.54, 1.807) is 12.3 Å². The van der Waals surface area contributed by atoms with Gasteiger partial charge in [0.2, 0.25) is 0 Å². The molecule has 0 atom stereocenters. The molecule has 92 valence electrons. The smallest absolute Gasteiger partial charge is 0.0704 e. The Morgan fingerprint density at radius 1 is 0.789 bits per heavy atom. The molecule has 0 saturated heterocycles. The van der Waals surface area contributed by atoms with E-state index in [-0.39, 0.29) is 0 Å². The summed E-state index contributed by atoms with van der Waals surface area (Å²) in [6.45, 7) is -2.12. The summed E-state index contributed by atoms with van der Waals surface area (Å²) in [7, 11) is 0. The summed E-state index contributed by atoms with van der Waals surface area (Å²) >= 11 is 0. The van der Waals surface area contributed by atoms with Gasteiger partial charge in [0.1, 0.15) is 0 Å². The Morgan fingerprint density at radius 2 is 1.58 bits per heavy atom. The van der Waals surface area contributed by atoms with Gasteiger partial charge >= 0.3 is 0 Å². The molecule has 3 aromatic rings. The highest BCUT2D eigenvalue weighted by molar-refractivity contribution is 5.71. The van der Waals surface area contributed by atoms with E-state index in [4.69, 9.17) is 4.11 Å². The summed E-state index contributed by atoms with van der Waals surface area (Å²) in [5.74, 6) is 0. The van der Waals surface area contributed by atoms with Gasteiger partial charge in [0, 0.05) is 15.9 Å². The predicted octanol–water partition coefficient (Wildman–Crippen LogP) is 4.72. The third-order valence-corrected chi connectivity index (χ3v) is 3.03. The quantitative estimate of drug-likeness (QED) is 0.639. The molecule has 2 aromatic carbocycles. The molecule has 0 aliphatic rings. The average molecular weight is 248 g/mol. The second-order valence-corrected chi connectivity index (χ2v) is 4.38. The molecule has 1 aromatic heterocycles. The Hall–Kier alpha value is -2.41. The van der Waals surface area contributed by atoms with Crippen LogP contribution in [-0.4, -0.2) is 4.98 Å². The normalized spacial score (nSPS) is 13.4. The summed E-state index contributed by atoms with van der Waals surface area (Å²) in [5, 5.41) is 0. The SMILES string of the molecule is [2H]C([2H])([2H])c1ccnc(-c2cccc(-c3ccccc3)c2)c1. The fourth-order valence-corrected chi connectivity index (χ4v) is 2.08. The molecule has 3 rings (SSSR count). The number of aryl methyl sites for hydroxylation is 1. The first-order valence-electron chi connectivity index (χ1n) is 7.66. The molecule has 19 heavy (non-hydrogen) atoms. The van der Waals surface area contributed by atoms with Crippen LogP contribution in [0.3, 0.4) is 0 Å². The molecule has 0 amide bonds. The topological polar surface area (TPSA) is 12.9 Å². The highest BCUT2D eigenvalue weighted by atomic mass is 14.7. The molecule has 0 aliphatic heterocycles. The van der Waals surface area contributed by atoms with E-state index in [0.29, 0.717) is 11.3 Å². The molecule has 0 saturated carbocycles. The van der Waals surface area contributed by atoms with Crippen LogP contribution >= 0.6 is 0 Å². The summed E-state index contributed by atoms with van der Waals surface area (Å²) < 4.78 is 22.5. The van der Waals surface area contributed by atoms with Crippen molar-refractivity contribution in [3.63, 3.8) is 0 Å². The van der Waals surface area contributed by atoms with Crippen LogP contribution in [0.2, 0.25) is 0 Å². The summed E-state index contributed by atoms with van der Waals surface area (Å²) in [5.41, 5.74) is 4.09. The molecule has 1 heterocycles. The first-order valence-corrected chi connectivity index (χ1v) is 6.16. The van der Waals surface area contributed by atoms with Gasteiger partial charge in [0.25, 0.3) is 0 Å². The van der Waals surface area contributed by atoms with Gasteiger partial charge in [-0.25, -0.2) is 0 Å². The van der Waals surface area contributed by atoms with Crippen molar-refractivity contribution in [2.45, 2.75) is 6.85 Å². The Bertz CT molecular complexity index is 780. The van der Waals surface area contributed by atoms with Crippen molar-refractivity contribution >= 4 is 0 Å². The van der Waals surface area contributed by atoms with E-state index >= 15 is 0 Å². The summed E-state index contributed by atoms with van der Waals surface area (Å²) in [4.78, 5) is 4.31. The molecule has 0 fully saturated rings. The van der Waals surface area contributed by atoms with Gasteiger partial charge in [-0.1, -0.05) is 48.5 Å². The lowest BCUT2D eigenvalue weighted by atomic mass is 10.0. The fraction of sp³-hybridized carbons (Fsp3) is 0.0556.